The van der Waals surface area contributed by atoms with Crippen LogP contribution in [0.25, 0.3) is 0 Å². The molecule has 0 radical (unpaired) electrons. The summed E-state index contributed by atoms with van der Waals surface area (Å²) in [6, 6.07) is 3.45. The molecule has 0 amide bonds. The van der Waals surface area contributed by atoms with Gasteiger partial charge in [-0.05, 0) is 12.1 Å². The van der Waals surface area contributed by atoms with Crippen LogP contribution in [0.4, 0.5) is 0 Å². The topological polar surface area (TPSA) is 47.3 Å². The number of hydrogen-bond acceptors (Lipinski definition) is 3. The maximum absolute atomic E-state index is 5.95. The molecule has 0 aliphatic carbocycles. The highest BCUT2D eigenvalue weighted by molar-refractivity contribution is 6.35. The van der Waals surface area contributed by atoms with Gasteiger partial charge < -0.3 is 15.8 Å². The molecule has 0 atom stereocenters. The largest absolute Gasteiger partial charge is 0.495 e. The van der Waals surface area contributed by atoms with Crippen LogP contribution in [-0.2, 0) is 6.54 Å². The lowest BCUT2D eigenvalue weighted by Gasteiger charge is -2.10. The predicted molar refractivity (Wildman–Crippen MR) is 58.9 cm³/mol. The smallest absolute Gasteiger partial charge is 0.142 e. The Morgan fingerprint density at radius 2 is 2.14 bits per heavy atom. The van der Waals surface area contributed by atoms with Gasteiger partial charge in [-0.1, -0.05) is 23.2 Å². The first-order valence-electron chi connectivity index (χ1n) is 4.11. The predicted octanol–water partition coefficient (Wildman–Crippen LogP) is 2.01. The van der Waals surface area contributed by atoms with Gasteiger partial charge >= 0.3 is 0 Å². The summed E-state index contributed by atoms with van der Waals surface area (Å²) in [5, 5.41) is 4.07. The van der Waals surface area contributed by atoms with Crippen molar-refractivity contribution in [3.05, 3.63) is 27.7 Å². The molecule has 3 nitrogen and oxygen atoms in total. The molecule has 1 aromatic rings. The molecule has 0 aromatic heterocycles. The summed E-state index contributed by atoms with van der Waals surface area (Å²) in [4.78, 5) is 0. The molecule has 3 N–H and O–H groups in total. The quantitative estimate of drug-likeness (QED) is 0.784. The molecular formula is C9H12Cl2N2O. The fourth-order valence-electron chi connectivity index (χ4n) is 1.18. The lowest BCUT2D eigenvalue weighted by molar-refractivity contribution is 0.408. The Kier molecular flexibility index (Phi) is 4.48. The molecule has 0 aliphatic heterocycles. The van der Waals surface area contributed by atoms with Crippen molar-refractivity contribution < 1.29 is 4.74 Å². The van der Waals surface area contributed by atoms with E-state index in [9.17, 15) is 0 Å². The van der Waals surface area contributed by atoms with Crippen LogP contribution in [0.15, 0.2) is 12.1 Å². The molecule has 0 fully saturated rings. The molecule has 0 saturated carbocycles. The minimum absolute atomic E-state index is 0.396. The van der Waals surface area contributed by atoms with Crippen molar-refractivity contribution in [2.45, 2.75) is 6.54 Å². The Hall–Kier alpha value is -0.480. The number of ether oxygens (including phenoxy) is 1. The van der Waals surface area contributed by atoms with E-state index in [1.165, 1.54) is 0 Å². The van der Waals surface area contributed by atoms with Crippen LogP contribution in [0.3, 0.4) is 0 Å². The normalized spacial score (nSPS) is 10.3. The van der Waals surface area contributed by atoms with Gasteiger partial charge in [-0.3, -0.25) is 0 Å². The number of halogens is 2. The Morgan fingerprint density at radius 1 is 1.43 bits per heavy atom. The summed E-state index contributed by atoms with van der Waals surface area (Å²) in [6.45, 7) is 0.979. The van der Waals surface area contributed by atoms with Crippen LogP contribution in [0.2, 0.25) is 10.0 Å². The third kappa shape index (κ3) is 2.75. The number of hydrogen-bond donors (Lipinski definition) is 2. The van der Waals surface area contributed by atoms with E-state index in [1.54, 1.807) is 19.2 Å². The average molecular weight is 235 g/mol. The Bertz CT molecular complexity index is 318. The van der Waals surface area contributed by atoms with E-state index in [4.69, 9.17) is 33.7 Å². The SMILES string of the molecule is COc1c(Cl)cc(Cl)cc1CNCN. The van der Waals surface area contributed by atoms with Gasteiger partial charge in [0.15, 0.2) is 0 Å². The zero-order chi connectivity index (χ0) is 10.6. The zero-order valence-electron chi connectivity index (χ0n) is 7.81. The molecule has 14 heavy (non-hydrogen) atoms. The minimum Gasteiger partial charge on any atom is -0.495 e. The van der Waals surface area contributed by atoms with E-state index >= 15 is 0 Å². The Balaban J connectivity index is 2.99. The number of benzene rings is 1. The number of nitrogens with two attached hydrogens (primary N) is 1. The van der Waals surface area contributed by atoms with Crippen LogP contribution >= 0.6 is 23.2 Å². The Morgan fingerprint density at radius 3 is 2.71 bits per heavy atom. The van der Waals surface area contributed by atoms with E-state index in [0.717, 1.165) is 5.56 Å². The van der Waals surface area contributed by atoms with Gasteiger partial charge in [0.25, 0.3) is 0 Å². The first kappa shape index (κ1) is 11.6. The summed E-state index contributed by atoms with van der Waals surface area (Å²) >= 11 is 11.8. The van der Waals surface area contributed by atoms with Crippen molar-refractivity contribution in [3.8, 4) is 5.75 Å². The van der Waals surface area contributed by atoms with Crippen LogP contribution in [0.5, 0.6) is 5.75 Å². The van der Waals surface area contributed by atoms with E-state index in [-0.39, 0.29) is 0 Å². The molecule has 78 valence electrons. The van der Waals surface area contributed by atoms with Gasteiger partial charge in [-0.15, -0.1) is 0 Å². The molecule has 0 unspecified atom stereocenters. The summed E-state index contributed by atoms with van der Waals surface area (Å²) in [6.07, 6.45) is 0. The average Bonchev–Trinajstić information content (AvgIpc) is 2.14. The van der Waals surface area contributed by atoms with Gasteiger partial charge in [0.2, 0.25) is 0 Å². The molecule has 1 aromatic carbocycles. The van der Waals surface area contributed by atoms with Crippen LogP contribution in [-0.4, -0.2) is 13.8 Å². The highest BCUT2D eigenvalue weighted by atomic mass is 35.5. The summed E-state index contributed by atoms with van der Waals surface area (Å²) in [5.41, 5.74) is 6.22. The van der Waals surface area contributed by atoms with E-state index in [2.05, 4.69) is 5.32 Å². The lowest BCUT2D eigenvalue weighted by atomic mass is 10.2. The van der Waals surface area contributed by atoms with Gasteiger partial charge in [0.1, 0.15) is 5.75 Å². The second-order valence-electron chi connectivity index (χ2n) is 2.71. The van der Waals surface area contributed by atoms with Crippen molar-refractivity contribution in [2.75, 3.05) is 13.8 Å². The number of nitrogens with one attached hydrogen (secondary N) is 1. The van der Waals surface area contributed by atoms with E-state index < -0.39 is 0 Å². The standard InChI is InChI=1S/C9H12Cl2N2O/c1-14-9-6(4-13-5-12)2-7(10)3-8(9)11/h2-3,13H,4-5,12H2,1H3. The van der Waals surface area contributed by atoms with Crippen molar-refractivity contribution in [2.24, 2.45) is 5.73 Å². The molecule has 0 heterocycles. The molecule has 0 spiro atoms. The molecule has 0 bridgehead atoms. The molecular weight excluding hydrogens is 223 g/mol. The maximum atomic E-state index is 5.95. The Labute approximate surface area is 93.1 Å². The van der Waals surface area contributed by atoms with E-state index in [1.807, 2.05) is 0 Å². The summed E-state index contributed by atoms with van der Waals surface area (Å²) in [5.74, 6) is 0.636. The van der Waals surface area contributed by atoms with Crippen LogP contribution in [0.1, 0.15) is 5.56 Å². The lowest BCUT2D eigenvalue weighted by Crippen LogP contribution is -2.21. The fourth-order valence-corrected chi connectivity index (χ4v) is 1.79. The number of rotatable bonds is 4. The third-order valence-electron chi connectivity index (χ3n) is 1.75. The monoisotopic (exact) mass is 234 g/mol. The molecule has 5 heteroatoms. The molecule has 1 rings (SSSR count). The van der Waals surface area contributed by atoms with Gasteiger partial charge in [-0.2, -0.15) is 0 Å². The first-order chi connectivity index (χ1) is 6.69. The summed E-state index contributed by atoms with van der Waals surface area (Å²) < 4.78 is 5.16. The summed E-state index contributed by atoms with van der Waals surface area (Å²) in [7, 11) is 1.57. The third-order valence-corrected chi connectivity index (χ3v) is 2.25. The first-order valence-corrected chi connectivity index (χ1v) is 4.87. The van der Waals surface area contributed by atoms with Crippen LogP contribution in [0, 0.1) is 0 Å². The van der Waals surface area contributed by atoms with Gasteiger partial charge in [0, 0.05) is 23.8 Å². The van der Waals surface area contributed by atoms with Crippen LogP contribution < -0.4 is 15.8 Å². The van der Waals surface area contributed by atoms with Gasteiger partial charge in [-0.25, -0.2) is 0 Å². The molecule has 0 aliphatic rings. The van der Waals surface area contributed by atoms with Crippen molar-refractivity contribution in [1.82, 2.24) is 5.32 Å². The second-order valence-corrected chi connectivity index (χ2v) is 3.55. The van der Waals surface area contributed by atoms with Crippen molar-refractivity contribution in [1.29, 1.82) is 0 Å². The number of methoxy groups -OCH3 is 1. The molecule has 0 saturated heterocycles. The van der Waals surface area contributed by atoms with E-state index in [0.29, 0.717) is 29.0 Å². The zero-order valence-corrected chi connectivity index (χ0v) is 9.32. The highest BCUT2D eigenvalue weighted by Gasteiger charge is 2.08. The second kappa shape index (κ2) is 5.41. The highest BCUT2D eigenvalue weighted by Crippen LogP contribution is 2.31. The van der Waals surface area contributed by atoms with Crippen molar-refractivity contribution >= 4 is 23.2 Å². The fraction of sp³-hybridized carbons (Fsp3) is 0.333. The van der Waals surface area contributed by atoms with Gasteiger partial charge in [0.05, 0.1) is 12.1 Å². The van der Waals surface area contributed by atoms with Crippen molar-refractivity contribution in [3.63, 3.8) is 0 Å². The minimum atomic E-state index is 0.396. The maximum Gasteiger partial charge on any atom is 0.142 e.